The van der Waals surface area contributed by atoms with Crippen LogP contribution in [0.2, 0.25) is 0 Å². The summed E-state index contributed by atoms with van der Waals surface area (Å²) in [5, 5.41) is 0. The Balaban J connectivity index is 1.50. The van der Waals surface area contributed by atoms with E-state index in [1.165, 1.54) is 23.9 Å². The Morgan fingerprint density at radius 3 is 2.81 bits per heavy atom. The number of thiocarbonyl (C=S) groups is 1. The molecule has 2 aliphatic heterocycles. The summed E-state index contributed by atoms with van der Waals surface area (Å²) in [4.78, 5) is 15.1. The third-order valence-corrected chi connectivity index (χ3v) is 7.10. The SMILES string of the molecule is COc1cc(/C=C2\SC(=S)N(C[C@@H]3CCCO3)C2=O)cc(Br)c1OCc1ccc(F)cc1. The number of rotatable bonds is 7. The van der Waals surface area contributed by atoms with Crippen molar-refractivity contribution in [3.63, 3.8) is 0 Å². The molecular weight excluding hydrogens is 517 g/mol. The first-order valence-corrected chi connectivity index (χ1v) is 12.1. The van der Waals surface area contributed by atoms with E-state index in [-0.39, 0.29) is 24.4 Å². The van der Waals surface area contributed by atoms with Crippen LogP contribution < -0.4 is 9.47 Å². The van der Waals surface area contributed by atoms with Gasteiger partial charge in [0.15, 0.2) is 11.5 Å². The molecule has 2 saturated heterocycles. The highest BCUT2D eigenvalue weighted by molar-refractivity contribution is 9.10. The lowest BCUT2D eigenvalue weighted by atomic mass is 10.1. The van der Waals surface area contributed by atoms with Crippen molar-refractivity contribution in [3.05, 3.63) is 62.7 Å². The van der Waals surface area contributed by atoms with Crippen molar-refractivity contribution in [1.29, 1.82) is 0 Å². The average Bonchev–Trinajstić information content (AvgIpc) is 3.38. The van der Waals surface area contributed by atoms with Crippen LogP contribution in [0.15, 0.2) is 45.8 Å². The van der Waals surface area contributed by atoms with Gasteiger partial charge in [0, 0.05) is 6.61 Å². The number of carbonyl (C=O) groups excluding carboxylic acids is 1. The molecule has 2 aliphatic rings. The molecule has 0 unspecified atom stereocenters. The van der Waals surface area contributed by atoms with Crippen molar-refractivity contribution in [2.75, 3.05) is 20.3 Å². The van der Waals surface area contributed by atoms with E-state index in [2.05, 4.69) is 15.9 Å². The maximum absolute atomic E-state index is 13.1. The molecule has 9 heteroatoms. The molecule has 168 valence electrons. The molecule has 5 nitrogen and oxygen atoms in total. The minimum Gasteiger partial charge on any atom is -0.493 e. The number of benzene rings is 2. The van der Waals surface area contributed by atoms with Gasteiger partial charge in [-0.15, -0.1) is 0 Å². The summed E-state index contributed by atoms with van der Waals surface area (Å²) in [6, 6.07) is 9.78. The third-order valence-electron chi connectivity index (χ3n) is 5.13. The molecule has 0 radical (unpaired) electrons. The first-order valence-electron chi connectivity index (χ1n) is 10.1. The second-order valence-corrected chi connectivity index (χ2v) is 9.91. The van der Waals surface area contributed by atoms with Gasteiger partial charge in [-0.1, -0.05) is 36.1 Å². The van der Waals surface area contributed by atoms with Gasteiger partial charge in [-0.25, -0.2) is 4.39 Å². The highest BCUT2D eigenvalue weighted by atomic mass is 79.9. The van der Waals surface area contributed by atoms with Crippen LogP contribution >= 0.6 is 39.9 Å². The van der Waals surface area contributed by atoms with Crippen LogP contribution in [-0.2, 0) is 16.1 Å². The van der Waals surface area contributed by atoms with Gasteiger partial charge < -0.3 is 14.2 Å². The summed E-state index contributed by atoms with van der Waals surface area (Å²) in [7, 11) is 1.55. The van der Waals surface area contributed by atoms with E-state index in [0.29, 0.717) is 31.7 Å². The fourth-order valence-electron chi connectivity index (χ4n) is 3.50. The maximum atomic E-state index is 13.1. The zero-order valence-electron chi connectivity index (χ0n) is 17.3. The van der Waals surface area contributed by atoms with E-state index in [4.69, 9.17) is 26.4 Å². The van der Waals surface area contributed by atoms with Crippen molar-refractivity contribution >= 4 is 56.2 Å². The number of carbonyl (C=O) groups is 1. The molecule has 2 fully saturated rings. The van der Waals surface area contributed by atoms with Crippen LogP contribution in [0, 0.1) is 5.82 Å². The van der Waals surface area contributed by atoms with E-state index in [1.54, 1.807) is 36.3 Å². The Kier molecular flexibility index (Phi) is 7.50. The first-order chi connectivity index (χ1) is 15.4. The average molecular weight is 538 g/mol. The van der Waals surface area contributed by atoms with Crippen molar-refractivity contribution in [2.45, 2.75) is 25.6 Å². The molecule has 0 spiro atoms. The summed E-state index contributed by atoms with van der Waals surface area (Å²) >= 11 is 10.2. The summed E-state index contributed by atoms with van der Waals surface area (Å²) < 4.78 is 31.4. The highest BCUT2D eigenvalue weighted by Crippen LogP contribution is 2.39. The molecule has 32 heavy (non-hydrogen) atoms. The summed E-state index contributed by atoms with van der Waals surface area (Å²) in [5.74, 6) is 0.641. The van der Waals surface area contributed by atoms with E-state index in [9.17, 15) is 9.18 Å². The van der Waals surface area contributed by atoms with Crippen LogP contribution in [0.3, 0.4) is 0 Å². The normalized spacial score (nSPS) is 19.8. The van der Waals surface area contributed by atoms with Gasteiger partial charge in [0.1, 0.15) is 16.7 Å². The molecule has 1 atom stereocenters. The number of thioether (sulfide) groups is 1. The van der Waals surface area contributed by atoms with Gasteiger partial charge >= 0.3 is 0 Å². The number of methoxy groups -OCH3 is 1. The molecule has 0 bridgehead atoms. The van der Waals surface area contributed by atoms with Gasteiger partial charge in [0.05, 0.1) is 29.1 Å². The third kappa shape index (κ3) is 5.33. The van der Waals surface area contributed by atoms with Crippen LogP contribution in [0.25, 0.3) is 6.08 Å². The number of hydrogen-bond acceptors (Lipinski definition) is 6. The first kappa shape index (κ1) is 23.2. The number of hydrogen-bond donors (Lipinski definition) is 0. The molecule has 2 aromatic carbocycles. The Hall–Kier alpha value is -1.94. The van der Waals surface area contributed by atoms with Crippen LogP contribution in [0.1, 0.15) is 24.0 Å². The van der Waals surface area contributed by atoms with Crippen LogP contribution in [0.4, 0.5) is 4.39 Å². The van der Waals surface area contributed by atoms with Crippen molar-refractivity contribution in [3.8, 4) is 11.5 Å². The number of nitrogens with zero attached hydrogens (tertiary/aromatic N) is 1. The van der Waals surface area contributed by atoms with E-state index in [0.717, 1.165) is 30.6 Å². The Morgan fingerprint density at radius 2 is 2.12 bits per heavy atom. The molecular formula is C23H21BrFNO4S2. The molecule has 1 amide bonds. The lowest BCUT2D eigenvalue weighted by Crippen LogP contribution is -2.35. The predicted molar refractivity (Wildman–Crippen MR) is 130 cm³/mol. The van der Waals surface area contributed by atoms with Crippen molar-refractivity contribution in [1.82, 2.24) is 4.90 Å². The van der Waals surface area contributed by atoms with E-state index in [1.807, 2.05) is 6.07 Å². The Morgan fingerprint density at radius 1 is 1.34 bits per heavy atom. The predicted octanol–water partition coefficient (Wildman–Crippen LogP) is 5.56. The summed E-state index contributed by atoms with van der Waals surface area (Å²) in [6.45, 7) is 1.49. The highest BCUT2D eigenvalue weighted by Gasteiger charge is 2.34. The lowest BCUT2D eigenvalue weighted by molar-refractivity contribution is -0.123. The molecule has 4 rings (SSSR count). The topological polar surface area (TPSA) is 48.0 Å². The van der Waals surface area contributed by atoms with E-state index < -0.39 is 0 Å². The van der Waals surface area contributed by atoms with E-state index >= 15 is 0 Å². The molecule has 0 aliphatic carbocycles. The minimum atomic E-state index is -0.293. The zero-order valence-corrected chi connectivity index (χ0v) is 20.5. The molecule has 2 heterocycles. The lowest BCUT2D eigenvalue weighted by Gasteiger charge is -2.18. The smallest absolute Gasteiger partial charge is 0.266 e. The Labute approximate surface area is 204 Å². The van der Waals surface area contributed by atoms with Gasteiger partial charge in [0.2, 0.25) is 0 Å². The van der Waals surface area contributed by atoms with Gasteiger partial charge in [-0.3, -0.25) is 9.69 Å². The second kappa shape index (κ2) is 10.3. The van der Waals surface area contributed by atoms with Crippen LogP contribution in [0.5, 0.6) is 11.5 Å². The second-order valence-electron chi connectivity index (χ2n) is 7.38. The molecule has 0 saturated carbocycles. The van der Waals surface area contributed by atoms with Gasteiger partial charge in [0.25, 0.3) is 5.91 Å². The van der Waals surface area contributed by atoms with Crippen LogP contribution in [-0.4, -0.2) is 41.5 Å². The number of halogens is 2. The molecule has 0 N–H and O–H groups in total. The summed E-state index contributed by atoms with van der Waals surface area (Å²) in [6.07, 6.45) is 3.80. The van der Waals surface area contributed by atoms with Gasteiger partial charge in [-0.2, -0.15) is 0 Å². The quantitative estimate of drug-likeness (QED) is 0.340. The van der Waals surface area contributed by atoms with Crippen molar-refractivity contribution < 1.29 is 23.4 Å². The van der Waals surface area contributed by atoms with Crippen molar-refractivity contribution in [2.24, 2.45) is 0 Å². The largest absolute Gasteiger partial charge is 0.493 e. The fraction of sp³-hybridized carbons (Fsp3) is 0.304. The van der Waals surface area contributed by atoms with Gasteiger partial charge in [-0.05, 0) is 70.2 Å². The maximum Gasteiger partial charge on any atom is 0.266 e. The number of ether oxygens (including phenoxy) is 3. The minimum absolute atomic E-state index is 0.0450. The Bertz CT molecular complexity index is 1050. The standard InChI is InChI=1S/C23H21BrFNO4S2/c1-28-19-10-15(9-18(24)21(19)30-13-14-4-6-16(25)7-5-14)11-20-22(27)26(23(31)32-20)12-17-3-2-8-29-17/h4-7,9-11,17H,2-3,8,12-13H2,1H3/b20-11-/t17-/m0/s1. The molecule has 2 aromatic rings. The monoisotopic (exact) mass is 537 g/mol. The fourth-order valence-corrected chi connectivity index (χ4v) is 5.35. The number of amides is 1. The summed E-state index contributed by atoms with van der Waals surface area (Å²) in [5.41, 5.74) is 1.61. The molecule has 0 aromatic heterocycles. The zero-order chi connectivity index (χ0) is 22.7.